The monoisotopic (exact) mass is 326 g/mol. The number of aromatic carboxylic acids is 1. The number of H-pyrrole nitrogens is 1. The molecule has 100 valence electrons. The Labute approximate surface area is 117 Å². The fraction of sp³-hybridized carbons (Fsp3) is 0.167. The van der Waals surface area contributed by atoms with E-state index in [9.17, 15) is 9.90 Å². The molecular weight excluding hydrogens is 316 g/mol. The summed E-state index contributed by atoms with van der Waals surface area (Å²) in [5, 5.41) is 25.0. The Kier molecular flexibility index (Phi) is 3.48. The van der Waals surface area contributed by atoms with Gasteiger partial charge in [-0.25, -0.2) is 4.79 Å². The second-order valence-corrected chi connectivity index (χ2v) is 4.70. The van der Waals surface area contributed by atoms with Crippen LogP contribution in [0.1, 0.15) is 16.1 Å². The quantitative estimate of drug-likeness (QED) is 0.805. The molecule has 0 aliphatic heterocycles. The van der Waals surface area contributed by atoms with Crippen molar-refractivity contribution in [3.05, 3.63) is 27.9 Å². The van der Waals surface area contributed by atoms with E-state index in [2.05, 4.69) is 26.1 Å². The summed E-state index contributed by atoms with van der Waals surface area (Å²) in [5.74, 6) is -0.802. The van der Waals surface area contributed by atoms with Gasteiger partial charge in [0.15, 0.2) is 11.5 Å². The second kappa shape index (κ2) is 4.93. The van der Waals surface area contributed by atoms with Crippen LogP contribution in [0.3, 0.4) is 0 Å². The van der Waals surface area contributed by atoms with E-state index in [0.717, 1.165) is 5.56 Å². The molecule has 0 unspecified atom stereocenters. The first-order valence-electron chi connectivity index (χ1n) is 5.30. The van der Waals surface area contributed by atoms with E-state index in [-0.39, 0.29) is 17.2 Å². The number of carboxylic acids is 1. The van der Waals surface area contributed by atoms with Crippen LogP contribution < -0.4 is 4.74 Å². The number of ether oxygens (including phenoxy) is 1. The molecule has 19 heavy (non-hydrogen) atoms. The highest BCUT2D eigenvalue weighted by atomic mass is 79.9. The van der Waals surface area contributed by atoms with Crippen molar-refractivity contribution < 1.29 is 19.7 Å². The fourth-order valence-corrected chi connectivity index (χ4v) is 2.69. The number of carbonyl (C=O) groups is 1. The molecule has 0 spiro atoms. The van der Waals surface area contributed by atoms with Gasteiger partial charge in [0, 0.05) is 5.56 Å². The number of aryl methyl sites for hydroxylation is 1. The molecule has 0 fully saturated rings. The first-order chi connectivity index (χ1) is 8.95. The number of aromatic hydroxyl groups is 1. The van der Waals surface area contributed by atoms with E-state index in [4.69, 9.17) is 9.84 Å². The van der Waals surface area contributed by atoms with Crippen LogP contribution in [0.15, 0.2) is 16.6 Å². The average molecular weight is 327 g/mol. The number of hydrogen-bond acceptors (Lipinski definition) is 4. The Hall–Kier alpha value is -2.02. The van der Waals surface area contributed by atoms with Gasteiger partial charge in [0.2, 0.25) is 0 Å². The molecular formula is C12H11BrN2O4. The summed E-state index contributed by atoms with van der Waals surface area (Å²) in [6, 6.07) is 2.96. The van der Waals surface area contributed by atoms with Gasteiger partial charge in [0.1, 0.15) is 5.69 Å². The van der Waals surface area contributed by atoms with Gasteiger partial charge in [-0.05, 0) is 40.5 Å². The first kappa shape index (κ1) is 13.4. The minimum Gasteiger partial charge on any atom is -0.504 e. The molecule has 2 rings (SSSR count). The largest absolute Gasteiger partial charge is 0.504 e. The smallest absolute Gasteiger partial charge is 0.353 e. The van der Waals surface area contributed by atoms with Crippen molar-refractivity contribution in [2.75, 3.05) is 7.11 Å². The van der Waals surface area contributed by atoms with Crippen LogP contribution in [-0.4, -0.2) is 33.5 Å². The fourth-order valence-electron chi connectivity index (χ4n) is 1.81. The molecule has 2 aromatic rings. The topological polar surface area (TPSA) is 95.4 Å². The lowest BCUT2D eigenvalue weighted by atomic mass is 10.0. The number of halogens is 1. The minimum atomic E-state index is -1.08. The van der Waals surface area contributed by atoms with Gasteiger partial charge in [-0.2, -0.15) is 5.10 Å². The molecule has 6 nitrogen and oxygen atoms in total. The van der Waals surface area contributed by atoms with Gasteiger partial charge in [-0.3, -0.25) is 5.10 Å². The number of nitrogens with one attached hydrogen (secondary N) is 1. The van der Waals surface area contributed by atoms with Crippen molar-refractivity contribution in [2.45, 2.75) is 6.92 Å². The third kappa shape index (κ3) is 2.28. The van der Waals surface area contributed by atoms with E-state index >= 15 is 0 Å². The van der Waals surface area contributed by atoms with E-state index in [1.165, 1.54) is 19.2 Å². The average Bonchev–Trinajstić information content (AvgIpc) is 2.78. The van der Waals surface area contributed by atoms with Crippen LogP contribution in [0.5, 0.6) is 11.5 Å². The lowest BCUT2D eigenvalue weighted by molar-refractivity contribution is 0.0690. The van der Waals surface area contributed by atoms with Gasteiger partial charge in [-0.15, -0.1) is 0 Å². The molecule has 1 aromatic carbocycles. The predicted octanol–water partition coefficient (Wildman–Crippen LogP) is 2.56. The van der Waals surface area contributed by atoms with E-state index in [0.29, 0.717) is 15.7 Å². The maximum Gasteiger partial charge on any atom is 0.353 e. The number of aromatic amines is 1. The molecule has 0 aliphatic carbocycles. The summed E-state index contributed by atoms with van der Waals surface area (Å²) in [6.45, 7) is 1.79. The van der Waals surface area contributed by atoms with Crippen molar-refractivity contribution in [3.8, 4) is 22.8 Å². The van der Waals surface area contributed by atoms with Gasteiger partial charge in [0.25, 0.3) is 0 Å². The first-order valence-corrected chi connectivity index (χ1v) is 6.10. The molecule has 3 N–H and O–H groups in total. The van der Waals surface area contributed by atoms with Gasteiger partial charge in [-0.1, -0.05) is 0 Å². The zero-order valence-corrected chi connectivity index (χ0v) is 11.8. The Morgan fingerprint density at radius 2 is 2.16 bits per heavy atom. The molecule has 7 heteroatoms. The van der Waals surface area contributed by atoms with Crippen molar-refractivity contribution in [1.82, 2.24) is 10.2 Å². The predicted molar refractivity (Wildman–Crippen MR) is 71.6 cm³/mol. The van der Waals surface area contributed by atoms with Crippen LogP contribution in [0.25, 0.3) is 11.3 Å². The molecule has 1 heterocycles. The van der Waals surface area contributed by atoms with Crippen LogP contribution in [0.4, 0.5) is 0 Å². The highest BCUT2D eigenvalue weighted by molar-refractivity contribution is 9.10. The molecule has 0 atom stereocenters. The van der Waals surface area contributed by atoms with Crippen molar-refractivity contribution in [3.63, 3.8) is 0 Å². The number of phenols is 1. The summed E-state index contributed by atoms with van der Waals surface area (Å²) >= 11 is 3.34. The van der Waals surface area contributed by atoms with Crippen LogP contribution in [-0.2, 0) is 0 Å². The molecule has 0 saturated heterocycles. The number of methoxy groups -OCH3 is 1. The summed E-state index contributed by atoms with van der Waals surface area (Å²) in [6.07, 6.45) is 0. The summed E-state index contributed by atoms with van der Waals surface area (Å²) < 4.78 is 5.62. The van der Waals surface area contributed by atoms with Crippen molar-refractivity contribution in [2.24, 2.45) is 0 Å². The number of nitrogens with zero attached hydrogens (tertiary/aromatic N) is 1. The molecule has 1 aromatic heterocycles. The lowest BCUT2D eigenvalue weighted by Gasteiger charge is -2.12. The molecule has 0 bridgehead atoms. The Morgan fingerprint density at radius 1 is 1.47 bits per heavy atom. The zero-order valence-electron chi connectivity index (χ0n) is 10.2. The van der Waals surface area contributed by atoms with E-state index < -0.39 is 5.97 Å². The van der Waals surface area contributed by atoms with Crippen molar-refractivity contribution in [1.29, 1.82) is 0 Å². The number of phenolic OH excluding ortho intramolecular Hbond substituents is 1. The van der Waals surface area contributed by atoms with Crippen molar-refractivity contribution >= 4 is 21.9 Å². The summed E-state index contributed by atoms with van der Waals surface area (Å²) in [5.41, 5.74) is 1.86. The summed E-state index contributed by atoms with van der Waals surface area (Å²) in [4.78, 5) is 10.8. The molecule has 0 radical (unpaired) electrons. The standard InChI is InChI=1S/C12H11BrN2O4/c1-5-3-8(16)11(19-2)10(13)9(5)6-4-7(12(17)18)15-14-6/h3-4,16H,1-2H3,(H,14,15)(H,17,18). The van der Waals surface area contributed by atoms with Gasteiger partial charge < -0.3 is 14.9 Å². The number of carboxylic acid groups (broad SMARTS) is 1. The highest BCUT2D eigenvalue weighted by Crippen LogP contribution is 2.43. The second-order valence-electron chi connectivity index (χ2n) is 3.91. The van der Waals surface area contributed by atoms with Crippen LogP contribution >= 0.6 is 15.9 Å². The van der Waals surface area contributed by atoms with Crippen LogP contribution in [0.2, 0.25) is 0 Å². The van der Waals surface area contributed by atoms with E-state index in [1.54, 1.807) is 6.92 Å². The Morgan fingerprint density at radius 3 is 2.68 bits per heavy atom. The summed E-state index contributed by atoms with van der Waals surface area (Å²) in [7, 11) is 1.44. The molecule has 0 aliphatic rings. The molecule has 0 saturated carbocycles. The maximum absolute atomic E-state index is 10.8. The van der Waals surface area contributed by atoms with E-state index in [1.807, 2.05) is 0 Å². The lowest BCUT2D eigenvalue weighted by Crippen LogP contribution is -1.95. The highest BCUT2D eigenvalue weighted by Gasteiger charge is 2.19. The normalized spacial score (nSPS) is 10.5. The SMILES string of the molecule is COc1c(O)cc(C)c(-c2cc(C(=O)O)[nH]n2)c1Br. The van der Waals surface area contributed by atoms with Gasteiger partial charge >= 0.3 is 5.97 Å². The number of hydrogen-bond donors (Lipinski definition) is 3. The molecule has 0 amide bonds. The number of benzene rings is 1. The number of rotatable bonds is 3. The maximum atomic E-state index is 10.8. The van der Waals surface area contributed by atoms with Crippen LogP contribution in [0, 0.1) is 6.92 Å². The zero-order chi connectivity index (χ0) is 14.2. The third-order valence-corrected chi connectivity index (χ3v) is 3.42. The Balaban J connectivity index is 2.64. The Bertz CT molecular complexity index is 651. The number of aromatic nitrogens is 2. The minimum absolute atomic E-state index is 0.00428. The van der Waals surface area contributed by atoms with Gasteiger partial charge in [0.05, 0.1) is 17.3 Å². The third-order valence-electron chi connectivity index (χ3n) is 2.67.